The second-order valence-electron chi connectivity index (χ2n) is 4.82. The minimum atomic E-state index is -1.01. The fraction of sp³-hybridized carbons (Fsp3) is 0.125. The van der Waals surface area contributed by atoms with Crippen LogP contribution in [0.4, 0.5) is 0 Å². The standard InChI is InChI=1S/C16H13NO3/c18-15-14-8-12(16(19)20)6-7-13(14)10-17(15)9-11-4-2-1-3-5-11/h1-8H,9-10H2,(H,19,20). The van der Waals surface area contributed by atoms with Gasteiger partial charge in [-0.1, -0.05) is 36.4 Å². The first-order valence-electron chi connectivity index (χ1n) is 6.34. The Morgan fingerprint density at radius 1 is 1.15 bits per heavy atom. The Kier molecular flexibility index (Phi) is 2.99. The lowest BCUT2D eigenvalue weighted by molar-refractivity contribution is 0.0697. The van der Waals surface area contributed by atoms with Crippen molar-refractivity contribution in [2.24, 2.45) is 0 Å². The molecule has 20 heavy (non-hydrogen) atoms. The van der Waals surface area contributed by atoms with Gasteiger partial charge in [-0.2, -0.15) is 0 Å². The third-order valence-electron chi connectivity index (χ3n) is 3.45. The van der Waals surface area contributed by atoms with Crippen LogP contribution in [0.25, 0.3) is 0 Å². The first-order valence-corrected chi connectivity index (χ1v) is 6.34. The predicted octanol–water partition coefficient (Wildman–Crippen LogP) is 2.54. The number of hydrogen-bond acceptors (Lipinski definition) is 2. The molecule has 0 atom stereocenters. The SMILES string of the molecule is O=C(O)c1ccc2c(c1)C(=O)N(Cc1ccccc1)C2. The lowest BCUT2D eigenvalue weighted by Crippen LogP contribution is -2.23. The first-order chi connectivity index (χ1) is 9.65. The Labute approximate surface area is 116 Å². The normalized spacial score (nSPS) is 13.4. The van der Waals surface area contributed by atoms with Crippen molar-refractivity contribution >= 4 is 11.9 Å². The molecule has 1 amide bonds. The molecule has 100 valence electrons. The Morgan fingerprint density at radius 3 is 2.60 bits per heavy atom. The quantitative estimate of drug-likeness (QED) is 0.929. The summed E-state index contributed by atoms with van der Waals surface area (Å²) in [5.41, 5.74) is 2.60. The van der Waals surface area contributed by atoms with Crippen LogP contribution < -0.4 is 0 Å². The number of carboxylic acids is 1. The topological polar surface area (TPSA) is 57.6 Å². The molecule has 3 rings (SSSR count). The summed E-state index contributed by atoms with van der Waals surface area (Å²) in [7, 11) is 0. The number of amides is 1. The minimum Gasteiger partial charge on any atom is -0.478 e. The monoisotopic (exact) mass is 267 g/mol. The Bertz CT molecular complexity index is 679. The molecule has 0 saturated carbocycles. The van der Waals surface area contributed by atoms with Gasteiger partial charge in [0, 0.05) is 18.7 Å². The van der Waals surface area contributed by atoms with E-state index in [0.29, 0.717) is 18.7 Å². The molecule has 0 spiro atoms. The molecule has 2 aromatic carbocycles. The number of rotatable bonds is 3. The first kappa shape index (κ1) is 12.4. The van der Waals surface area contributed by atoms with Gasteiger partial charge in [-0.3, -0.25) is 4.79 Å². The molecule has 2 aromatic rings. The van der Waals surface area contributed by atoms with Crippen molar-refractivity contribution in [1.82, 2.24) is 4.90 Å². The van der Waals surface area contributed by atoms with Crippen LogP contribution in [-0.2, 0) is 13.1 Å². The Hall–Kier alpha value is -2.62. The highest BCUT2D eigenvalue weighted by Gasteiger charge is 2.28. The molecule has 0 fully saturated rings. The summed E-state index contributed by atoms with van der Waals surface area (Å²) in [4.78, 5) is 25.0. The van der Waals surface area contributed by atoms with Crippen LogP contribution >= 0.6 is 0 Å². The van der Waals surface area contributed by atoms with Crippen LogP contribution in [-0.4, -0.2) is 21.9 Å². The van der Waals surface area contributed by atoms with E-state index in [2.05, 4.69) is 0 Å². The molecule has 0 radical (unpaired) electrons. The summed E-state index contributed by atoms with van der Waals surface area (Å²) in [6.07, 6.45) is 0. The van der Waals surface area contributed by atoms with Crippen molar-refractivity contribution in [2.75, 3.05) is 0 Å². The van der Waals surface area contributed by atoms with E-state index in [9.17, 15) is 9.59 Å². The van der Waals surface area contributed by atoms with Gasteiger partial charge in [0.1, 0.15) is 0 Å². The molecule has 0 aliphatic carbocycles. The van der Waals surface area contributed by atoms with Gasteiger partial charge in [-0.05, 0) is 23.3 Å². The summed E-state index contributed by atoms with van der Waals surface area (Å²) in [6, 6.07) is 14.5. The molecule has 1 N–H and O–H groups in total. The molecule has 0 aromatic heterocycles. The average Bonchev–Trinajstić information content (AvgIpc) is 2.76. The third kappa shape index (κ3) is 2.16. The molecule has 4 heteroatoms. The maximum atomic E-state index is 12.3. The van der Waals surface area contributed by atoms with Gasteiger partial charge < -0.3 is 10.0 Å². The lowest BCUT2D eigenvalue weighted by atomic mass is 10.1. The van der Waals surface area contributed by atoms with Gasteiger partial charge in [0.15, 0.2) is 0 Å². The van der Waals surface area contributed by atoms with Crippen molar-refractivity contribution in [2.45, 2.75) is 13.1 Å². The molecule has 1 heterocycles. The van der Waals surface area contributed by atoms with Crippen molar-refractivity contribution in [3.63, 3.8) is 0 Å². The van der Waals surface area contributed by atoms with Gasteiger partial charge in [0.25, 0.3) is 5.91 Å². The fourth-order valence-corrected chi connectivity index (χ4v) is 2.43. The number of nitrogens with zero attached hydrogens (tertiary/aromatic N) is 1. The van der Waals surface area contributed by atoms with Gasteiger partial charge in [-0.25, -0.2) is 4.79 Å². The second kappa shape index (κ2) is 4.81. The largest absolute Gasteiger partial charge is 0.478 e. The number of carbonyl (C=O) groups is 2. The molecule has 1 aliphatic heterocycles. The van der Waals surface area contributed by atoms with Crippen LogP contribution in [0, 0.1) is 0 Å². The third-order valence-corrected chi connectivity index (χ3v) is 3.45. The zero-order valence-electron chi connectivity index (χ0n) is 10.7. The van der Waals surface area contributed by atoms with E-state index in [1.165, 1.54) is 6.07 Å². The van der Waals surface area contributed by atoms with Crippen LogP contribution in [0.5, 0.6) is 0 Å². The molecule has 0 unspecified atom stereocenters. The van der Waals surface area contributed by atoms with E-state index in [1.807, 2.05) is 30.3 Å². The molecule has 1 aliphatic rings. The zero-order valence-corrected chi connectivity index (χ0v) is 10.7. The smallest absolute Gasteiger partial charge is 0.335 e. The molecule has 0 saturated heterocycles. The van der Waals surface area contributed by atoms with E-state index < -0.39 is 5.97 Å². The maximum absolute atomic E-state index is 12.3. The number of fused-ring (bicyclic) bond motifs is 1. The highest BCUT2D eigenvalue weighted by atomic mass is 16.4. The van der Waals surface area contributed by atoms with Crippen molar-refractivity contribution in [3.8, 4) is 0 Å². The summed E-state index contributed by atoms with van der Waals surface area (Å²) in [5.74, 6) is -1.12. The Morgan fingerprint density at radius 2 is 1.90 bits per heavy atom. The predicted molar refractivity (Wildman–Crippen MR) is 73.4 cm³/mol. The fourth-order valence-electron chi connectivity index (χ4n) is 2.43. The van der Waals surface area contributed by atoms with Gasteiger partial charge >= 0.3 is 5.97 Å². The maximum Gasteiger partial charge on any atom is 0.335 e. The Balaban J connectivity index is 1.85. The summed E-state index contributed by atoms with van der Waals surface area (Å²) in [6.45, 7) is 1.07. The summed E-state index contributed by atoms with van der Waals surface area (Å²) < 4.78 is 0. The van der Waals surface area contributed by atoms with Crippen LogP contribution in [0.15, 0.2) is 48.5 Å². The minimum absolute atomic E-state index is 0.105. The van der Waals surface area contributed by atoms with E-state index >= 15 is 0 Å². The number of benzene rings is 2. The second-order valence-corrected chi connectivity index (χ2v) is 4.82. The van der Waals surface area contributed by atoms with Gasteiger partial charge in [0.05, 0.1) is 5.56 Å². The summed E-state index contributed by atoms with van der Waals surface area (Å²) in [5, 5.41) is 8.98. The van der Waals surface area contributed by atoms with Crippen LogP contribution in [0.3, 0.4) is 0 Å². The van der Waals surface area contributed by atoms with E-state index in [-0.39, 0.29) is 11.5 Å². The molecule has 0 bridgehead atoms. The number of hydrogen-bond donors (Lipinski definition) is 1. The molecular weight excluding hydrogens is 254 g/mol. The summed E-state index contributed by atoms with van der Waals surface area (Å²) >= 11 is 0. The van der Waals surface area contributed by atoms with Crippen molar-refractivity contribution in [3.05, 3.63) is 70.8 Å². The van der Waals surface area contributed by atoms with Crippen LogP contribution in [0.1, 0.15) is 31.8 Å². The van der Waals surface area contributed by atoms with Gasteiger partial charge in [-0.15, -0.1) is 0 Å². The zero-order chi connectivity index (χ0) is 14.1. The highest BCUT2D eigenvalue weighted by Crippen LogP contribution is 2.25. The molecule has 4 nitrogen and oxygen atoms in total. The lowest BCUT2D eigenvalue weighted by Gasteiger charge is -2.15. The highest BCUT2D eigenvalue weighted by molar-refractivity contribution is 6.00. The van der Waals surface area contributed by atoms with E-state index in [1.54, 1.807) is 17.0 Å². The van der Waals surface area contributed by atoms with E-state index in [0.717, 1.165) is 11.1 Å². The molecular formula is C16H13NO3. The average molecular weight is 267 g/mol. The number of carboxylic acid groups (broad SMARTS) is 1. The number of aromatic carboxylic acids is 1. The van der Waals surface area contributed by atoms with Crippen molar-refractivity contribution in [1.29, 1.82) is 0 Å². The van der Waals surface area contributed by atoms with Crippen LogP contribution in [0.2, 0.25) is 0 Å². The van der Waals surface area contributed by atoms with Crippen molar-refractivity contribution < 1.29 is 14.7 Å². The number of carbonyl (C=O) groups excluding carboxylic acids is 1. The van der Waals surface area contributed by atoms with Gasteiger partial charge in [0.2, 0.25) is 0 Å². The van der Waals surface area contributed by atoms with E-state index in [4.69, 9.17) is 5.11 Å².